The van der Waals surface area contributed by atoms with Gasteiger partial charge in [-0.05, 0) is 37.6 Å². The summed E-state index contributed by atoms with van der Waals surface area (Å²) in [6.45, 7) is 3.42. The van der Waals surface area contributed by atoms with E-state index in [1.807, 2.05) is 13.0 Å². The number of benzene rings is 2. The quantitative estimate of drug-likeness (QED) is 0.782. The second-order valence-corrected chi connectivity index (χ2v) is 4.78. The number of rotatable bonds is 5. The van der Waals surface area contributed by atoms with Crippen molar-refractivity contribution in [2.75, 3.05) is 7.11 Å². The fourth-order valence-corrected chi connectivity index (χ4v) is 2.02. The topological polar surface area (TPSA) is 35.5 Å². The van der Waals surface area contributed by atoms with Gasteiger partial charge in [0.1, 0.15) is 12.4 Å². The Bertz CT molecular complexity index is 665. The molecule has 4 heteroatoms. The Kier molecular flexibility index (Phi) is 4.58. The summed E-state index contributed by atoms with van der Waals surface area (Å²) in [6, 6.07) is 10.2. The third kappa shape index (κ3) is 3.40. The summed E-state index contributed by atoms with van der Waals surface area (Å²) >= 11 is 0. The fourth-order valence-electron chi connectivity index (χ4n) is 2.02. The first-order valence-corrected chi connectivity index (χ1v) is 6.58. The molecule has 21 heavy (non-hydrogen) atoms. The molecule has 0 unspecified atom stereocenters. The zero-order valence-corrected chi connectivity index (χ0v) is 12.3. The normalized spacial score (nSPS) is 10.3. The van der Waals surface area contributed by atoms with Crippen molar-refractivity contribution in [1.82, 2.24) is 0 Å². The summed E-state index contributed by atoms with van der Waals surface area (Å²) in [6.07, 6.45) is 0. The lowest BCUT2D eigenvalue weighted by atomic mass is 10.1. The minimum absolute atomic E-state index is 0.0345. The molecule has 110 valence electrons. The van der Waals surface area contributed by atoms with E-state index in [0.29, 0.717) is 16.9 Å². The van der Waals surface area contributed by atoms with Crippen molar-refractivity contribution in [3.05, 3.63) is 58.9 Å². The SMILES string of the molecule is COc1cccc(COc2cc(C)ccc2C(C)=O)c1F. The summed E-state index contributed by atoms with van der Waals surface area (Å²) in [4.78, 5) is 11.6. The number of carbonyl (C=O) groups excluding carboxylic acids is 1. The first-order valence-electron chi connectivity index (χ1n) is 6.58. The van der Waals surface area contributed by atoms with E-state index >= 15 is 0 Å². The molecule has 0 aliphatic heterocycles. The van der Waals surface area contributed by atoms with E-state index in [1.54, 1.807) is 30.3 Å². The van der Waals surface area contributed by atoms with Gasteiger partial charge in [-0.15, -0.1) is 0 Å². The van der Waals surface area contributed by atoms with Crippen molar-refractivity contribution in [1.29, 1.82) is 0 Å². The van der Waals surface area contributed by atoms with E-state index in [1.165, 1.54) is 14.0 Å². The Morgan fingerprint density at radius 1 is 1.19 bits per heavy atom. The molecule has 0 spiro atoms. The van der Waals surface area contributed by atoms with Crippen molar-refractivity contribution in [3.63, 3.8) is 0 Å². The van der Waals surface area contributed by atoms with Gasteiger partial charge in [-0.1, -0.05) is 18.2 Å². The van der Waals surface area contributed by atoms with Crippen LogP contribution >= 0.6 is 0 Å². The van der Waals surface area contributed by atoms with Crippen LogP contribution in [0.3, 0.4) is 0 Å². The van der Waals surface area contributed by atoms with Gasteiger partial charge in [0, 0.05) is 5.56 Å². The third-order valence-electron chi connectivity index (χ3n) is 3.16. The van der Waals surface area contributed by atoms with Crippen molar-refractivity contribution in [2.24, 2.45) is 0 Å². The van der Waals surface area contributed by atoms with Crippen molar-refractivity contribution in [3.8, 4) is 11.5 Å². The number of aryl methyl sites for hydroxylation is 1. The van der Waals surface area contributed by atoms with Crippen molar-refractivity contribution >= 4 is 5.78 Å². The van der Waals surface area contributed by atoms with Crippen LogP contribution < -0.4 is 9.47 Å². The number of carbonyl (C=O) groups is 1. The van der Waals surface area contributed by atoms with Crippen LogP contribution in [0.2, 0.25) is 0 Å². The van der Waals surface area contributed by atoms with Crippen LogP contribution in [0.15, 0.2) is 36.4 Å². The molecule has 0 heterocycles. The average molecular weight is 288 g/mol. The highest BCUT2D eigenvalue weighted by atomic mass is 19.1. The number of hydrogen-bond acceptors (Lipinski definition) is 3. The van der Waals surface area contributed by atoms with E-state index in [4.69, 9.17) is 9.47 Å². The summed E-state index contributed by atoms with van der Waals surface area (Å²) < 4.78 is 24.6. The summed E-state index contributed by atoms with van der Waals surface area (Å²) in [5.74, 6) is 0.102. The monoisotopic (exact) mass is 288 g/mol. The molecule has 3 nitrogen and oxygen atoms in total. The van der Waals surface area contributed by atoms with Gasteiger partial charge in [0.15, 0.2) is 17.3 Å². The second-order valence-electron chi connectivity index (χ2n) is 4.78. The predicted octanol–water partition coefficient (Wildman–Crippen LogP) is 3.92. The van der Waals surface area contributed by atoms with Crippen LogP contribution in [-0.4, -0.2) is 12.9 Å². The molecule has 0 aromatic heterocycles. The van der Waals surface area contributed by atoms with Gasteiger partial charge >= 0.3 is 0 Å². The first kappa shape index (κ1) is 15.0. The van der Waals surface area contributed by atoms with Crippen molar-refractivity contribution in [2.45, 2.75) is 20.5 Å². The molecule has 0 saturated heterocycles. The summed E-state index contributed by atoms with van der Waals surface area (Å²) in [5, 5.41) is 0. The lowest BCUT2D eigenvalue weighted by Gasteiger charge is -2.12. The molecule has 2 aromatic carbocycles. The Morgan fingerprint density at radius 2 is 1.95 bits per heavy atom. The first-order chi connectivity index (χ1) is 10.0. The van der Waals surface area contributed by atoms with Crippen molar-refractivity contribution < 1.29 is 18.7 Å². The summed E-state index contributed by atoms with van der Waals surface area (Å²) in [5.41, 5.74) is 1.84. The Hall–Kier alpha value is -2.36. The van der Waals surface area contributed by atoms with Gasteiger partial charge < -0.3 is 9.47 Å². The lowest BCUT2D eigenvalue weighted by molar-refractivity contribution is 0.101. The van der Waals surface area contributed by atoms with E-state index in [2.05, 4.69) is 0 Å². The maximum atomic E-state index is 14.0. The number of ketones is 1. The summed E-state index contributed by atoms with van der Waals surface area (Å²) in [7, 11) is 1.41. The van der Waals surface area contributed by atoms with Gasteiger partial charge in [0.25, 0.3) is 0 Å². The van der Waals surface area contributed by atoms with Crippen LogP contribution in [0.4, 0.5) is 4.39 Å². The maximum Gasteiger partial charge on any atom is 0.171 e. The molecule has 0 radical (unpaired) electrons. The maximum absolute atomic E-state index is 14.0. The molecule has 0 fully saturated rings. The van der Waals surface area contributed by atoms with E-state index in [9.17, 15) is 9.18 Å². The highest BCUT2D eigenvalue weighted by Crippen LogP contribution is 2.24. The third-order valence-corrected chi connectivity index (χ3v) is 3.16. The second kappa shape index (κ2) is 6.39. The molecule has 2 rings (SSSR count). The Balaban J connectivity index is 2.24. The number of methoxy groups -OCH3 is 1. The Labute approximate surface area is 123 Å². The van der Waals surface area contributed by atoms with E-state index in [-0.39, 0.29) is 18.1 Å². The lowest BCUT2D eigenvalue weighted by Crippen LogP contribution is -2.04. The van der Waals surface area contributed by atoms with Crippen LogP contribution in [0.25, 0.3) is 0 Å². The molecular formula is C17H17FO3. The molecule has 0 aliphatic carbocycles. The van der Waals surface area contributed by atoms with Gasteiger partial charge in [0.2, 0.25) is 0 Å². The van der Waals surface area contributed by atoms with Gasteiger partial charge in [-0.2, -0.15) is 0 Å². The predicted molar refractivity (Wildman–Crippen MR) is 78.5 cm³/mol. The molecule has 0 N–H and O–H groups in total. The highest BCUT2D eigenvalue weighted by molar-refractivity contribution is 5.96. The minimum Gasteiger partial charge on any atom is -0.494 e. The van der Waals surface area contributed by atoms with Gasteiger partial charge in [-0.25, -0.2) is 4.39 Å². The molecular weight excluding hydrogens is 271 g/mol. The van der Waals surface area contributed by atoms with Gasteiger partial charge in [-0.3, -0.25) is 4.79 Å². The smallest absolute Gasteiger partial charge is 0.171 e. The molecule has 0 bridgehead atoms. The Morgan fingerprint density at radius 3 is 2.62 bits per heavy atom. The molecule has 0 saturated carbocycles. The van der Waals surface area contributed by atoms with Crippen LogP contribution in [0.1, 0.15) is 28.4 Å². The van der Waals surface area contributed by atoms with Gasteiger partial charge in [0.05, 0.1) is 12.7 Å². The number of ether oxygens (including phenoxy) is 2. The largest absolute Gasteiger partial charge is 0.494 e. The fraction of sp³-hybridized carbons (Fsp3) is 0.235. The van der Waals surface area contributed by atoms with E-state index < -0.39 is 5.82 Å². The highest BCUT2D eigenvalue weighted by Gasteiger charge is 2.12. The van der Waals surface area contributed by atoms with E-state index in [0.717, 1.165) is 5.56 Å². The molecule has 0 aliphatic rings. The zero-order chi connectivity index (χ0) is 15.4. The molecule has 2 aromatic rings. The van der Waals surface area contributed by atoms with Crippen LogP contribution in [0, 0.1) is 12.7 Å². The van der Waals surface area contributed by atoms with Crippen LogP contribution in [0.5, 0.6) is 11.5 Å². The average Bonchev–Trinajstić information content (AvgIpc) is 2.46. The molecule has 0 atom stereocenters. The van der Waals surface area contributed by atoms with Crippen LogP contribution in [-0.2, 0) is 6.61 Å². The molecule has 0 amide bonds. The minimum atomic E-state index is -0.447. The standard InChI is InChI=1S/C17H17FO3/c1-11-7-8-14(12(2)19)16(9-11)21-10-13-5-4-6-15(20-3)17(13)18/h4-9H,10H2,1-3H3. The number of halogens is 1. The number of Topliss-reactive ketones (excluding diaryl/α,β-unsaturated/α-hetero) is 1. The number of hydrogen-bond donors (Lipinski definition) is 0. The zero-order valence-electron chi connectivity index (χ0n) is 12.3.